The molecule has 4 aromatic rings. The Morgan fingerprint density at radius 3 is 2.75 bits per heavy atom. The largest absolute Gasteiger partial charge is 0.470 e. The van der Waals surface area contributed by atoms with Gasteiger partial charge in [-0.05, 0) is 42.3 Å². The molecule has 0 amide bonds. The van der Waals surface area contributed by atoms with Gasteiger partial charge in [-0.3, -0.25) is 9.97 Å². The van der Waals surface area contributed by atoms with Gasteiger partial charge in [0.05, 0.1) is 5.69 Å². The highest BCUT2D eigenvalue weighted by Gasteiger charge is 2.18. The van der Waals surface area contributed by atoms with Gasteiger partial charge in [-0.1, -0.05) is 24.3 Å². The van der Waals surface area contributed by atoms with Crippen molar-refractivity contribution in [3.05, 3.63) is 84.0 Å². The zero-order valence-corrected chi connectivity index (χ0v) is 15.1. The summed E-state index contributed by atoms with van der Waals surface area (Å²) >= 11 is 0. The quantitative estimate of drug-likeness (QED) is 0.537. The second kappa shape index (κ2) is 6.70. The van der Waals surface area contributed by atoms with Crippen LogP contribution >= 0.6 is 0 Å². The Morgan fingerprint density at radius 1 is 1.11 bits per heavy atom. The van der Waals surface area contributed by atoms with Crippen LogP contribution in [0.1, 0.15) is 16.8 Å². The molecule has 0 saturated carbocycles. The first-order chi connectivity index (χ1) is 13.8. The SMILES string of the molecule is Cc1cccnc1COc1nn2c(-c3cccnc3)nnc2cc1C1=CC=C1. The van der Waals surface area contributed by atoms with E-state index < -0.39 is 0 Å². The van der Waals surface area contributed by atoms with Gasteiger partial charge in [0.25, 0.3) is 0 Å². The standard InChI is InChI=1S/C21H16N6O/c1-14-5-3-10-23-18(14)13-28-21-17(15-6-2-7-15)11-19-24-25-20(27(19)26-21)16-8-4-9-22-12-16/h2-12H,13H2,1H3. The first-order valence-corrected chi connectivity index (χ1v) is 8.88. The van der Waals surface area contributed by atoms with Crippen LogP contribution in [0.2, 0.25) is 0 Å². The van der Waals surface area contributed by atoms with Gasteiger partial charge >= 0.3 is 0 Å². The molecule has 0 spiro atoms. The van der Waals surface area contributed by atoms with Crippen LogP contribution in [0.5, 0.6) is 5.88 Å². The number of hydrogen-bond acceptors (Lipinski definition) is 6. The number of ether oxygens (including phenoxy) is 1. The summed E-state index contributed by atoms with van der Waals surface area (Å²) < 4.78 is 7.77. The molecule has 5 rings (SSSR count). The Bertz CT molecular complexity index is 1230. The van der Waals surface area contributed by atoms with Gasteiger partial charge in [-0.25, -0.2) is 0 Å². The molecule has 136 valence electrons. The van der Waals surface area contributed by atoms with E-state index in [-0.39, 0.29) is 0 Å². The molecule has 4 aromatic heterocycles. The molecule has 0 aliphatic heterocycles. The van der Waals surface area contributed by atoms with E-state index in [1.54, 1.807) is 23.1 Å². The number of rotatable bonds is 5. The molecule has 4 heterocycles. The van der Waals surface area contributed by atoms with Crippen LogP contribution in [0.25, 0.3) is 22.6 Å². The Labute approximate surface area is 161 Å². The Hall–Kier alpha value is -3.87. The van der Waals surface area contributed by atoms with Crippen LogP contribution in [0.4, 0.5) is 0 Å². The first-order valence-electron chi connectivity index (χ1n) is 8.88. The molecule has 0 aromatic carbocycles. The minimum Gasteiger partial charge on any atom is -0.470 e. The van der Waals surface area contributed by atoms with Crippen molar-refractivity contribution in [2.75, 3.05) is 0 Å². The van der Waals surface area contributed by atoms with Crippen molar-refractivity contribution in [2.45, 2.75) is 13.5 Å². The number of nitrogens with zero attached hydrogens (tertiary/aromatic N) is 6. The summed E-state index contributed by atoms with van der Waals surface area (Å²) in [5.41, 5.74) is 5.38. The fourth-order valence-corrected chi connectivity index (χ4v) is 2.98. The molecule has 0 saturated heterocycles. The molecule has 7 heteroatoms. The lowest BCUT2D eigenvalue weighted by Gasteiger charge is -2.14. The zero-order chi connectivity index (χ0) is 18.9. The highest BCUT2D eigenvalue weighted by atomic mass is 16.5. The highest BCUT2D eigenvalue weighted by Crippen LogP contribution is 2.31. The number of aromatic nitrogens is 6. The number of hydrogen-bond donors (Lipinski definition) is 0. The average molecular weight is 368 g/mol. The smallest absolute Gasteiger partial charge is 0.240 e. The van der Waals surface area contributed by atoms with Gasteiger partial charge in [-0.2, -0.15) is 4.52 Å². The second-order valence-electron chi connectivity index (χ2n) is 6.44. The molecule has 1 aliphatic carbocycles. The molecule has 7 nitrogen and oxygen atoms in total. The Balaban J connectivity index is 1.58. The molecule has 28 heavy (non-hydrogen) atoms. The van der Waals surface area contributed by atoms with Crippen LogP contribution in [0.15, 0.2) is 67.2 Å². The summed E-state index contributed by atoms with van der Waals surface area (Å²) in [4.78, 5) is 8.56. The summed E-state index contributed by atoms with van der Waals surface area (Å²) in [5.74, 6) is 1.13. The summed E-state index contributed by atoms with van der Waals surface area (Å²) in [6, 6.07) is 9.65. The van der Waals surface area contributed by atoms with Crippen molar-refractivity contribution in [3.63, 3.8) is 0 Å². The van der Waals surface area contributed by atoms with E-state index in [0.29, 0.717) is 24.0 Å². The number of aryl methyl sites for hydroxylation is 1. The lowest BCUT2D eigenvalue weighted by molar-refractivity contribution is 0.283. The molecular weight excluding hydrogens is 352 g/mol. The lowest BCUT2D eigenvalue weighted by atomic mass is 10.0. The molecule has 0 radical (unpaired) electrons. The van der Waals surface area contributed by atoms with Gasteiger partial charge in [0, 0.05) is 29.7 Å². The number of allylic oxidation sites excluding steroid dienone is 4. The minimum atomic E-state index is 0.333. The van der Waals surface area contributed by atoms with Crippen LogP contribution in [-0.4, -0.2) is 29.8 Å². The predicted molar refractivity (Wildman–Crippen MR) is 104 cm³/mol. The van der Waals surface area contributed by atoms with E-state index in [1.807, 2.05) is 55.5 Å². The van der Waals surface area contributed by atoms with Crippen molar-refractivity contribution in [1.29, 1.82) is 0 Å². The van der Waals surface area contributed by atoms with E-state index in [9.17, 15) is 0 Å². The summed E-state index contributed by atoms with van der Waals surface area (Å²) in [6.45, 7) is 2.35. The van der Waals surface area contributed by atoms with Crippen LogP contribution < -0.4 is 4.74 Å². The van der Waals surface area contributed by atoms with Gasteiger partial charge in [-0.15, -0.1) is 15.3 Å². The molecule has 0 unspecified atom stereocenters. The first kappa shape index (κ1) is 16.3. The lowest BCUT2D eigenvalue weighted by Crippen LogP contribution is -2.07. The fraction of sp³-hybridized carbons (Fsp3) is 0.0952. The molecule has 0 N–H and O–H groups in total. The fourth-order valence-electron chi connectivity index (χ4n) is 2.98. The Morgan fingerprint density at radius 2 is 2.00 bits per heavy atom. The number of pyridine rings is 2. The maximum absolute atomic E-state index is 6.09. The zero-order valence-electron chi connectivity index (χ0n) is 15.1. The third-order valence-electron chi connectivity index (χ3n) is 4.61. The van der Waals surface area contributed by atoms with E-state index in [2.05, 4.69) is 20.2 Å². The molecule has 1 aliphatic rings. The summed E-state index contributed by atoms with van der Waals surface area (Å²) in [7, 11) is 0. The van der Waals surface area contributed by atoms with Crippen molar-refractivity contribution >= 4 is 11.2 Å². The van der Waals surface area contributed by atoms with Crippen molar-refractivity contribution in [2.24, 2.45) is 0 Å². The van der Waals surface area contributed by atoms with Gasteiger partial charge in [0.1, 0.15) is 6.61 Å². The van der Waals surface area contributed by atoms with Crippen LogP contribution in [0.3, 0.4) is 0 Å². The maximum atomic E-state index is 6.09. The molecular formula is C21H16N6O. The molecule has 0 bridgehead atoms. The maximum Gasteiger partial charge on any atom is 0.240 e. The van der Waals surface area contributed by atoms with E-state index in [4.69, 9.17) is 9.84 Å². The third kappa shape index (κ3) is 2.83. The normalized spacial score (nSPS) is 12.7. The summed E-state index contributed by atoms with van der Waals surface area (Å²) in [6.07, 6.45) is 11.2. The van der Waals surface area contributed by atoms with E-state index in [0.717, 1.165) is 28.0 Å². The summed E-state index contributed by atoms with van der Waals surface area (Å²) in [5, 5.41) is 13.3. The average Bonchev–Trinajstić information content (AvgIpc) is 3.09. The highest BCUT2D eigenvalue weighted by molar-refractivity contribution is 5.84. The van der Waals surface area contributed by atoms with Gasteiger partial charge < -0.3 is 4.74 Å². The van der Waals surface area contributed by atoms with Crippen LogP contribution in [-0.2, 0) is 6.61 Å². The van der Waals surface area contributed by atoms with E-state index in [1.165, 1.54) is 0 Å². The van der Waals surface area contributed by atoms with Crippen LogP contribution in [0, 0.1) is 6.92 Å². The van der Waals surface area contributed by atoms with E-state index >= 15 is 0 Å². The Kier molecular flexibility index (Phi) is 3.90. The van der Waals surface area contributed by atoms with Crippen molar-refractivity contribution in [1.82, 2.24) is 29.8 Å². The third-order valence-corrected chi connectivity index (χ3v) is 4.61. The predicted octanol–water partition coefficient (Wildman–Crippen LogP) is 3.42. The number of fused-ring (bicyclic) bond motifs is 1. The minimum absolute atomic E-state index is 0.333. The molecule has 0 atom stereocenters. The van der Waals surface area contributed by atoms with Gasteiger partial charge in [0.15, 0.2) is 11.5 Å². The van der Waals surface area contributed by atoms with Crippen molar-refractivity contribution in [3.8, 4) is 17.3 Å². The topological polar surface area (TPSA) is 78.1 Å². The second-order valence-corrected chi connectivity index (χ2v) is 6.44. The van der Waals surface area contributed by atoms with Gasteiger partial charge in [0.2, 0.25) is 5.88 Å². The molecule has 0 fully saturated rings. The van der Waals surface area contributed by atoms with Crippen molar-refractivity contribution < 1.29 is 4.74 Å². The monoisotopic (exact) mass is 368 g/mol.